The molecule has 2 N–H and O–H groups in total. The SMILES string of the molecule is COC1CCCCC1n1ncc(N)c1C. The van der Waals surface area contributed by atoms with Gasteiger partial charge in [0.05, 0.1) is 29.7 Å². The van der Waals surface area contributed by atoms with Crippen LogP contribution in [0.2, 0.25) is 0 Å². The number of nitrogens with zero attached hydrogens (tertiary/aromatic N) is 2. The van der Waals surface area contributed by atoms with E-state index >= 15 is 0 Å². The van der Waals surface area contributed by atoms with E-state index in [0.29, 0.717) is 6.04 Å². The number of aromatic nitrogens is 2. The van der Waals surface area contributed by atoms with Crippen molar-refractivity contribution in [1.29, 1.82) is 0 Å². The second-order valence-electron chi connectivity index (χ2n) is 4.26. The number of hydrogen-bond acceptors (Lipinski definition) is 3. The lowest BCUT2D eigenvalue weighted by Crippen LogP contribution is -2.30. The van der Waals surface area contributed by atoms with E-state index in [1.165, 1.54) is 12.8 Å². The van der Waals surface area contributed by atoms with Crippen molar-refractivity contribution in [2.45, 2.75) is 44.8 Å². The zero-order valence-corrected chi connectivity index (χ0v) is 9.44. The van der Waals surface area contributed by atoms with Gasteiger partial charge in [-0.15, -0.1) is 0 Å². The van der Waals surface area contributed by atoms with Crippen LogP contribution in [0, 0.1) is 6.92 Å². The minimum Gasteiger partial charge on any atom is -0.396 e. The molecule has 2 rings (SSSR count). The molecule has 1 aliphatic carbocycles. The topological polar surface area (TPSA) is 53.1 Å². The molecule has 1 heterocycles. The predicted molar refractivity (Wildman–Crippen MR) is 59.7 cm³/mol. The standard InChI is InChI=1S/C11H19N3O/c1-8-9(12)7-13-14(8)10-5-3-4-6-11(10)15-2/h7,10-11H,3-6,12H2,1-2H3. The summed E-state index contributed by atoms with van der Waals surface area (Å²) in [6.45, 7) is 2.02. The molecule has 4 nitrogen and oxygen atoms in total. The molecule has 4 heteroatoms. The predicted octanol–water partition coefficient (Wildman–Crippen LogP) is 1.90. The fraction of sp³-hybridized carbons (Fsp3) is 0.727. The van der Waals surface area contributed by atoms with Crippen molar-refractivity contribution in [3.8, 4) is 0 Å². The summed E-state index contributed by atoms with van der Waals surface area (Å²) in [6, 6.07) is 0.362. The van der Waals surface area contributed by atoms with Crippen LogP contribution >= 0.6 is 0 Å². The summed E-state index contributed by atoms with van der Waals surface area (Å²) < 4.78 is 7.55. The third-order valence-corrected chi connectivity index (χ3v) is 3.37. The minimum absolute atomic E-state index is 0.289. The summed E-state index contributed by atoms with van der Waals surface area (Å²) in [5.41, 5.74) is 7.64. The smallest absolute Gasteiger partial charge is 0.0795 e. The normalized spacial score (nSPS) is 26.8. The van der Waals surface area contributed by atoms with E-state index in [4.69, 9.17) is 10.5 Å². The first-order valence-electron chi connectivity index (χ1n) is 5.56. The van der Waals surface area contributed by atoms with E-state index in [0.717, 1.165) is 24.2 Å². The second-order valence-corrected chi connectivity index (χ2v) is 4.26. The molecule has 2 atom stereocenters. The molecule has 0 aliphatic heterocycles. The second kappa shape index (κ2) is 4.23. The van der Waals surface area contributed by atoms with E-state index < -0.39 is 0 Å². The summed E-state index contributed by atoms with van der Waals surface area (Å²) in [6.07, 6.45) is 6.79. The van der Waals surface area contributed by atoms with E-state index in [9.17, 15) is 0 Å². The average molecular weight is 209 g/mol. The number of hydrogen-bond donors (Lipinski definition) is 1. The lowest BCUT2D eigenvalue weighted by atomic mass is 9.92. The number of ether oxygens (including phenoxy) is 1. The third-order valence-electron chi connectivity index (χ3n) is 3.37. The Balaban J connectivity index is 2.24. The Morgan fingerprint density at radius 1 is 1.47 bits per heavy atom. The molecule has 1 aromatic rings. The van der Waals surface area contributed by atoms with Gasteiger partial charge in [0.1, 0.15) is 0 Å². The highest BCUT2D eigenvalue weighted by Crippen LogP contribution is 2.31. The fourth-order valence-electron chi connectivity index (χ4n) is 2.40. The maximum atomic E-state index is 5.81. The Labute approximate surface area is 90.4 Å². The van der Waals surface area contributed by atoms with E-state index in [1.54, 1.807) is 13.3 Å². The van der Waals surface area contributed by atoms with Gasteiger partial charge >= 0.3 is 0 Å². The summed E-state index contributed by atoms with van der Waals surface area (Å²) in [5, 5.41) is 4.35. The maximum absolute atomic E-state index is 5.81. The minimum atomic E-state index is 0.289. The van der Waals surface area contributed by atoms with Crippen molar-refractivity contribution in [3.05, 3.63) is 11.9 Å². The highest BCUT2D eigenvalue weighted by Gasteiger charge is 2.28. The first kappa shape index (κ1) is 10.5. The van der Waals surface area contributed by atoms with Crippen molar-refractivity contribution in [1.82, 2.24) is 9.78 Å². The van der Waals surface area contributed by atoms with Crippen LogP contribution in [0.1, 0.15) is 37.4 Å². The Kier molecular flexibility index (Phi) is 2.95. The fourth-order valence-corrected chi connectivity index (χ4v) is 2.40. The first-order chi connectivity index (χ1) is 7.24. The van der Waals surface area contributed by atoms with Crippen LogP contribution in [-0.4, -0.2) is 23.0 Å². The molecular weight excluding hydrogens is 190 g/mol. The molecule has 0 amide bonds. The number of anilines is 1. The highest BCUT2D eigenvalue weighted by molar-refractivity contribution is 5.40. The molecule has 0 spiro atoms. The van der Waals surface area contributed by atoms with Crippen LogP contribution in [0.3, 0.4) is 0 Å². The Bertz CT molecular complexity index is 335. The van der Waals surface area contributed by atoms with Crippen molar-refractivity contribution < 1.29 is 4.74 Å². The van der Waals surface area contributed by atoms with E-state index in [-0.39, 0.29) is 6.10 Å². The zero-order chi connectivity index (χ0) is 10.8. The quantitative estimate of drug-likeness (QED) is 0.809. The van der Waals surface area contributed by atoms with Crippen molar-refractivity contribution in [3.63, 3.8) is 0 Å². The van der Waals surface area contributed by atoms with Gasteiger partial charge in [0.25, 0.3) is 0 Å². The van der Waals surface area contributed by atoms with Crippen LogP contribution in [0.25, 0.3) is 0 Å². The van der Waals surface area contributed by atoms with Crippen LogP contribution in [-0.2, 0) is 4.74 Å². The average Bonchev–Trinajstić information content (AvgIpc) is 2.60. The van der Waals surface area contributed by atoms with Gasteiger partial charge in [0.2, 0.25) is 0 Å². The molecule has 0 aromatic carbocycles. The van der Waals surface area contributed by atoms with E-state index in [1.807, 2.05) is 11.6 Å². The van der Waals surface area contributed by atoms with Crippen molar-refractivity contribution in [2.75, 3.05) is 12.8 Å². The van der Waals surface area contributed by atoms with Gasteiger partial charge in [0, 0.05) is 7.11 Å². The molecule has 1 fully saturated rings. The van der Waals surface area contributed by atoms with Crippen LogP contribution in [0.5, 0.6) is 0 Å². The molecule has 1 saturated carbocycles. The van der Waals surface area contributed by atoms with Gasteiger partial charge < -0.3 is 10.5 Å². The lowest BCUT2D eigenvalue weighted by Gasteiger charge is -2.31. The molecule has 2 unspecified atom stereocenters. The summed E-state index contributed by atoms with van der Waals surface area (Å²) in [5.74, 6) is 0. The summed E-state index contributed by atoms with van der Waals surface area (Å²) in [4.78, 5) is 0. The summed E-state index contributed by atoms with van der Waals surface area (Å²) >= 11 is 0. The molecular formula is C11H19N3O. The molecule has 0 saturated heterocycles. The van der Waals surface area contributed by atoms with Crippen LogP contribution in [0.15, 0.2) is 6.20 Å². The highest BCUT2D eigenvalue weighted by atomic mass is 16.5. The monoisotopic (exact) mass is 209 g/mol. The van der Waals surface area contributed by atoms with Gasteiger partial charge in [-0.05, 0) is 19.8 Å². The van der Waals surface area contributed by atoms with Crippen molar-refractivity contribution in [2.24, 2.45) is 0 Å². The van der Waals surface area contributed by atoms with Gasteiger partial charge in [0.15, 0.2) is 0 Å². The summed E-state index contributed by atoms with van der Waals surface area (Å²) in [7, 11) is 1.78. The molecule has 1 aromatic heterocycles. The van der Waals surface area contributed by atoms with Gasteiger partial charge in [-0.2, -0.15) is 5.10 Å². The molecule has 0 bridgehead atoms. The Hall–Kier alpha value is -1.03. The Morgan fingerprint density at radius 2 is 2.20 bits per heavy atom. The van der Waals surface area contributed by atoms with Crippen LogP contribution < -0.4 is 5.73 Å². The Morgan fingerprint density at radius 3 is 2.80 bits per heavy atom. The largest absolute Gasteiger partial charge is 0.396 e. The van der Waals surface area contributed by atoms with Gasteiger partial charge in [-0.3, -0.25) is 4.68 Å². The molecule has 15 heavy (non-hydrogen) atoms. The number of rotatable bonds is 2. The van der Waals surface area contributed by atoms with Gasteiger partial charge in [-0.25, -0.2) is 0 Å². The van der Waals surface area contributed by atoms with Crippen molar-refractivity contribution >= 4 is 5.69 Å². The first-order valence-corrected chi connectivity index (χ1v) is 5.56. The van der Waals surface area contributed by atoms with Crippen LogP contribution in [0.4, 0.5) is 5.69 Å². The zero-order valence-electron chi connectivity index (χ0n) is 9.44. The molecule has 84 valence electrons. The molecule has 0 radical (unpaired) electrons. The number of nitrogen functional groups attached to an aromatic ring is 1. The van der Waals surface area contributed by atoms with E-state index in [2.05, 4.69) is 5.10 Å². The molecule has 1 aliphatic rings. The number of methoxy groups -OCH3 is 1. The maximum Gasteiger partial charge on any atom is 0.0795 e. The van der Waals surface area contributed by atoms with Gasteiger partial charge in [-0.1, -0.05) is 12.8 Å². The lowest BCUT2D eigenvalue weighted by molar-refractivity contribution is 0.0238. The third kappa shape index (κ3) is 1.86. The number of nitrogens with two attached hydrogens (primary N) is 1.